The molecule has 9 heteroatoms. The van der Waals surface area contributed by atoms with Crippen molar-refractivity contribution >= 4 is 5.69 Å². The van der Waals surface area contributed by atoms with E-state index in [4.69, 9.17) is 5.11 Å². The highest BCUT2D eigenvalue weighted by atomic mass is 16.6. The molecule has 0 unspecified atom stereocenters. The van der Waals surface area contributed by atoms with Crippen molar-refractivity contribution in [2.24, 2.45) is 7.05 Å². The number of nitrogens with zero attached hydrogens (tertiary/aromatic N) is 2. The molecule has 0 saturated carbocycles. The zero-order valence-electron chi connectivity index (χ0n) is 16.7. The number of aromatic nitrogens is 1. The topological polar surface area (TPSA) is 149 Å². The molecule has 0 aliphatic heterocycles. The maximum atomic E-state index is 11.0. The Morgan fingerprint density at radius 3 is 2.10 bits per heavy atom. The van der Waals surface area contributed by atoms with Gasteiger partial charge >= 0.3 is 0 Å². The van der Waals surface area contributed by atoms with Crippen molar-refractivity contribution in [1.82, 2.24) is 4.57 Å². The lowest BCUT2D eigenvalue weighted by Crippen LogP contribution is -2.42. The Kier molecular flexibility index (Phi) is 6.84. The molecule has 0 aliphatic rings. The Hall–Kier alpha value is -3.08. The van der Waals surface area contributed by atoms with E-state index in [-0.39, 0.29) is 11.3 Å². The number of nitro groups is 1. The van der Waals surface area contributed by atoms with Crippen LogP contribution in [0.4, 0.5) is 5.69 Å². The highest BCUT2D eigenvalue weighted by Gasteiger charge is 2.34. The van der Waals surface area contributed by atoms with Crippen molar-refractivity contribution < 1.29 is 30.5 Å². The van der Waals surface area contributed by atoms with Crippen LogP contribution in [0.3, 0.4) is 0 Å². The molecule has 0 spiro atoms. The van der Waals surface area contributed by atoms with Gasteiger partial charge in [0.25, 0.3) is 5.69 Å². The van der Waals surface area contributed by atoms with Gasteiger partial charge in [0.1, 0.15) is 24.4 Å². The number of aliphatic hydroxyl groups excluding tert-OH is 5. The Labute approximate surface area is 178 Å². The minimum atomic E-state index is -1.79. The standard InChI is InChI=1S/C22H24N2O7/c1-23-17(13-5-3-2-4-6-13)11-16(20(27)22(29)21(28)18(26)12-25)19(23)14-7-9-15(10-8-14)24(30)31/h2-11,18,20-22,25-29H,12H2,1H3/t18-,20-,21-,22-/m1/s1. The lowest BCUT2D eigenvalue weighted by Gasteiger charge is -2.26. The molecule has 3 rings (SSSR count). The minimum absolute atomic E-state index is 0.0927. The number of nitro benzene ring substituents is 1. The molecule has 0 amide bonds. The second-order valence-corrected chi connectivity index (χ2v) is 7.24. The van der Waals surface area contributed by atoms with Crippen molar-refractivity contribution in [2.45, 2.75) is 24.4 Å². The molecule has 4 atom stereocenters. The second kappa shape index (κ2) is 9.38. The monoisotopic (exact) mass is 428 g/mol. The lowest BCUT2D eigenvalue weighted by molar-refractivity contribution is -0.384. The van der Waals surface area contributed by atoms with Crippen molar-refractivity contribution in [3.8, 4) is 22.5 Å². The van der Waals surface area contributed by atoms with Crippen molar-refractivity contribution in [3.05, 3.63) is 76.3 Å². The summed E-state index contributed by atoms with van der Waals surface area (Å²) in [5.74, 6) is 0. The first kappa shape index (κ1) is 22.6. The fraction of sp³-hybridized carbons (Fsp3) is 0.273. The van der Waals surface area contributed by atoms with Gasteiger partial charge in [0.2, 0.25) is 0 Å². The van der Waals surface area contributed by atoms with Crippen LogP contribution in [0.1, 0.15) is 11.7 Å². The number of rotatable bonds is 8. The Morgan fingerprint density at radius 1 is 0.935 bits per heavy atom. The van der Waals surface area contributed by atoms with Gasteiger partial charge in [-0.3, -0.25) is 10.1 Å². The highest BCUT2D eigenvalue weighted by Crippen LogP contribution is 2.37. The van der Waals surface area contributed by atoms with Crippen LogP contribution in [0.5, 0.6) is 0 Å². The van der Waals surface area contributed by atoms with Crippen LogP contribution < -0.4 is 0 Å². The number of non-ortho nitro benzene ring substituents is 1. The quantitative estimate of drug-likeness (QED) is 0.269. The normalized spacial score (nSPS) is 15.3. The van der Waals surface area contributed by atoms with E-state index >= 15 is 0 Å². The fourth-order valence-corrected chi connectivity index (χ4v) is 3.55. The highest BCUT2D eigenvalue weighted by molar-refractivity contribution is 5.74. The molecule has 5 N–H and O–H groups in total. The maximum absolute atomic E-state index is 11.0. The molecule has 9 nitrogen and oxygen atoms in total. The summed E-state index contributed by atoms with van der Waals surface area (Å²) in [7, 11) is 1.75. The summed E-state index contributed by atoms with van der Waals surface area (Å²) < 4.78 is 1.77. The molecule has 0 bridgehead atoms. The van der Waals surface area contributed by atoms with E-state index in [1.807, 2.05) is 30.3 Å². The SMILES string of the molecule is Cn1c(-c2ccccc2)cc([C@@H](O)[C@@H](O)[C@H](O)[C@H](O)CO)c1-c1ccc([N+](=O)[O-])cc1. The van der Waals surface area contributed by atoms with E-state index in [1.165, 1.54) is 24.3 Å². The van der Waals surface area contributed by atoms with Crippen LogP contribution in [-0.2, 0) is 7.05 Å². The Bertz CT molecular complexity index is 1030. The van der Waals surface area contributed by atoms with Gasteiger partial charge in [0.05, 0.1) is 17.2 Å². The van der Waals surface area contributed by atoms with Crippen LogP contribution in [0, 0.1) is 10.1 Å². The first-order chi connectivity index (χ1) is 14.8. The molecular weight excluding hydrogens is 404 g/mol. The Morgan fingerprint density at radius 2 is 1.55 bits per heavy atom. The molecule has 3 aromatic rings. The van der Waals surface area contributed by atoms with E-state index in [2.05, 4.69) is 0 Å². The molecule has 0 fully saturated rings. The molecule has 0 saturated heterocycles. The molecule has 1 aromatic heterocycles. The number of hydrogen-bond donors (Lipinski definition) is 5. The fourth-order valence-electron chi connectivity index (χ4n) is 3.55. The van der Waals surface area contributed by atoms with Gasteiger partial charge in [-0.15, -0.1) is 0 Å². The predicted molar refractivity (Wildman–Crippen MR) is 113 cm³/mol. The number of hydrogen-bond acceptors (Lipinski definition) is 7. The minimum Gasteiger partial charge on any atom is -0.394 e. The van der Waals surface area contributed by atoms with E-state index in [1.54, 1.807) is 17.7 Å². The van der Waals surface area contributed by atoms with Gasteiger partial charge in [0, 0.05) is 30.4 Å². The van der Waals surface area contributed by atoms with Gasteiger partial charge in [0.15, 0.2) is 0 Å². The molecule has 164 valence electrons. The molecule has 0 radical (unpaired) electrons. The van der Waals surface area contributed by atoms with Crippen molar-refractivity contribution in [2.75, 3.05) is 6.61 Å². The predicted octanol–water partition coefficient (Wildman–Crippen LogP) is 1.38. The van der Waals surface area contributed by atoms with Gasteiger partial charge < -0.3 is 30.1 Å². The van der Waals surface area contributed by atoms with Crippen LogP contribution in [0.25, 0.3) is 22.5 Å². The lowest BCUT2D eigenvalue weighted by atomic mass is 9.95. The van der Waals surface area contributed by atoms with Gasteiger partial charge in [-0.1, -0.05) is 30.3 Å². The zero-order chi connectivity index (χ0) is 22.7. The summed E-state index contributed by atoms with van der Waals surface area (Å²) in [5, 5.41) is 61.0. The first-order valence-electron chi connectivity index (χ1n) is 9.59. The third-order valence-corrected chi connectivity index (χ3v) is 5.26. The van der Waals surface area contributed by atoms with Crippen LogP contribution >= 0.6 is 0 Å². The third kappa shape index (κ3) is 4.50. The third-order valence-electron chi connectivity index (χ3n) is 5.26. The van der Waals surface area contributed by atoms with E-state index < -0.39 is 35.9 Å². The number of benzene rings is 2. The van der Waals surface area contributed by atoms with Gasteiger partial charge in [-0.25, -0.2) is 0 Å². The van der Waals surface area contributed by atoms with Crippen LogP contribution in [0.2, 0.25) is 0 Å². The Balaban J connectivity index is 2.13. The summed E-state index contributed by atoms with van der Waals surface area (Å²) in [6, 6.07) is 16.7. The summed E-state index contributed by atoms with van der Waals surface area (Å²) in [5.41, 5.74) is 2.72. The largest absolute Gasteiger partial charge is 0.394 e. The molecular formula is C22H24N2O7. The zero-order valence-corrected chi connectivity index (χ0v) is 16.7. The molecule has 1 heterocycles. The summed E-state index contributed by atoms with van der Waals surface area (Å²) >= 11 is 0. The van der Waals surface area contributed by atoms with E-state index in [9.17, 15) is 30.5 Å². The van der Waals surface area contributed by atoms with Crippen molar-refractivity contribution in [1.29, 1.82) is 0 Å². The van der Waals surface area contributed by atoms with Gasteiger partial charge in [-0.05, 0) is 29.3 Å². The first-order valence-corrected chi connectivity index (χ1v) is 9.59. The summed E-state index contributed by atoms with van der Waals surface area (Å²) in [6.45, 7) is -0.787. The van der Waals surface area contributed by atoms with Gasteiger partial charge in [-0.2, -0.15) is 0 Å². The van der Waals surface area contributed by atoms with E-state index in [0.717, 1.165) is 5.56 Å². The average molecular weight is 428 g/mol. The second-order valence-electron chi connectivity index (χ2n) is 7.24. The van der Waals surface area contributed by atoms with Crippen molar-refractivity contribution in [3.63, 3.8) is 0 Å². The smallest absolute Gasteiger partial charge is 0.269 e. The van der Waals surface area contributed by atoms with E-state index in [0.29, 0.717) is 17.0 Å². The van der Waals surface area contributed by atoms with Crippen LogP contribution in [-0.4, -0.2) is 59.9 Å². The molecule has 0 aliphatic carbocycles. The van der Waals surface area contributed by atoms with Crippen LogP contribution in [0.15, 0.2) is 60.7 Å². The molecule has 31 heavy (non-hydrogen) atoms. The maximum Gasteiger partial charge on any atom is 0.269 e. The summed E-state index contributed by atoms with van der Waals surface area (Å²) in [6.07, 6.45) is -6.81. The number of aliphatic hydroxyl groups is 5. The summed E-state index contributed by atoms with van der Waals surface area (Å²) in [4.78, 5) is 10.5. The average Bonchev–Trinajstić information content (AvgIpc) is 3.14. The molecule has 2 aromatic carbocycles.